The molecule has 9 nitrogen and oxygen atoms in total. The molecule has 37 heavy (non-hydrogen) atoms. The molecule has 0 saturated carbocycles. The van der Waals surface area contributed by atoms with Gasteiger partial charge in [0.25, 0.3) is 0 Å². The fourth-order valence-corrected chi connectivity index (χ4v) is 4.27. The number of urea groups is 1. The molecule has 3 rings (SSSR count). The van der Waals surface area contributed by atoms with E-state index in [2.05, 4.69) is 10.6 Å². The Balaban J connectivity index is 1.15. The summed E-state index contributed by atoms with van der Waals surface area (Å²) in [6.07, 6.45) is 6.43. The molecule has 1 heterocycles. The number of nitrogens with one attached hydrogen (secondary N) is 2. The van der Waals surface area contributed by atoms with E-state index in [1.54, 1.807) is 12.1 Å². The molecule has 9 heteroatoms. The van der Waals surface area contributed by atoms with Crippen LogP contribution in [0.3, 0.4) is 0 Å². The molecule has 1 aliphatic rings. The second kappa shape index (κ2) is 15.3. The normalized spacial score (nSPS) is 14.3. The van der Waals surface area contributed by atoms with Crippen molar-refractivity contribution in [2.24, 2.45) is 0 Å². The van der Waals surface area contributed by atoms with Gasteiger partial charge in [-0.3, -0.25) is 15.0 Å². The standard InChI is InChI=1S/C28H39N3O6/c32-20-23-17-22(11-12-25(23)33)26(34)18-29-13-4-1-2-5-14-37-15-6-3-8-21-9-7-10-24(16-21)31-19-27(35)30-28(31)36/h7,9-12,16-17,26,29,32-34H,1-6,8,13-15,18-20H2,(H,30,35,36). The average Bonchev–Trinajstić information content (AvgIpc) is 3.24. The number of aromatic hydroxyl groups is 1. The molecule has 0 radical (unpaired) electrons. The van der Waals surface area contributed by atoms with Gasteiger partial charge in [-0.2, -0.15) is 0 Å². The van der Waals surface area contributed by atoms with E-state index in [0.29, 0.717) is 17.7 Å². The van der Waals surface area contributed by atoms with Crippen molar-refractivity contribution >= 4 is 17.6 Å². The highest BCUT2D eigenvalue weighted by Crippen LogP contribution is 2.22. The number of nitrogens with zero attached hydrogens (tertiary/aromatic N) is 1. The van der Waals surface area contributed by atoms with Crippen molar-refractivity contribution in [1.29, 1.82) is 0 Å². The molecule has 3 amide bonds. The predicted molar refractivity (Wildman–Crippen MR) is 141 cm³/mol. The first-order chi connectivity index (χ1) is 18.0. The highest BCUT2D eigenvalue weighted by atomic mass is 16.5. The van der Waals surface area contributed by atoms with Crippen molar-refractivity contribution in [2.75, 3.05) is 37.7 Å². The third-order valence-corrected chi connectivity index (χ3v) is 6.41. The minimum Gasteiger partial charge on any atom is -0.508 e. The molecule has 1 saturated heterocycles. The van der Waals surface area contributed by atoms with Crippen LogP contribution in [0.2, 0.25) is 0 Å². The first-order valence-electron chi connectivity index (χ1n) is 13.1. The first-order valence-corrected chi connectivity index (χ1v) is 13.1. The van der Waals surface area contributed by atoms with Gasteiger partial charge in [-0.05, 0) is 74.0 Å². The molecule has 0 spiro atoms. The number of aryl methyl sites for hydroxylation is 1. The number of aliphatic hydroxyl groups excluding tert-OH is 2. The molecule has 2 aromatic carbocycles. The van der Waals surface area contributed by atoms with E-state index in [9.17, 15) is 24.9 Å². The van der Waals surface area contributed by atoms with Crippen molar-refractivity contribution in [3.63, 3.8) is 0 Å². The van der Waals surface area contributed by atoms with Crippen LogP contribution >= 0.6 is 0 Å². The fourth-order valence-electron chi connectivity index (χ4n) is 4.27. The molecule has 0 aliphatic carbocycles. The number of amides is 3. The smallest absolute Gasteiger partial charge is 0.329 e. The fraction of sp³-hybridized carbons (Fsp3) is 0.500. The van der Waals surface area contributed by atoms with Crippen LogP contribution in [0.25, 0.3) is 0 Å². The number of unbranched alkanes of at least 4 members (excludes halogenated alkanes) is 4. The molecule has 202 valence electrons. The number of hydrogen-bond acceptors (Lipinski definition) is 7. The lowest BCUT2D eigenvalue weighted by atomic mass is 10.1. The van der Waals surface area contributed by atoms with Gasteiger partial charge >= 0.3 is 6.03 Å². The van der Waals surface area contributed by atoms with Crippen molar-refractivity contribution < 1.29 is 29.6 Å². The Labute approximate surface area is 218 Å². The molecule has 0 aromatic heterocycles. The number of hydrogen-bond donors (Lipinski definition) is 5. The van der Waals surface area contributed by atoms with Crippen molar-refractivity contribution in [3.8, 4) is 5.75 Å². The van der Waals surface area contributed by atoms with Crippen LogP contribution in [0.1, 0.15) is 61.3 Å². The van der Waals surface area contributed by atoms with Crippen LogP contribution in [0.5, 0.6) is 5.75 Å². The van der Waals surface area contributed by atoms with E-state index in [-0.39, 0.29) is 30.8 Å². The number of carbonyl (C=O) groups excluding carboxylic acids is 2. The number of rotatable bonds is 17. The summed E-state index contributed by atoms with van der Waals surface area (Å²) >= 11 is 0. The van der Waals surface area contributed by atoms with Crippen LogP contribution in [0.4, 0.5) is 10.5 Å². The van der Waals surface area contributed by atoms with Crippen LogP contribution in [-0.2, 0) is 22.6 Å². The van der Waals surface area contributed by atoms with Gasteiger partial charge in [0.1, 0.15) is 12.3 Å². The van der Waals surface area contributed by atoms with Gasteiger partial charge in [0.2, 0.25) is 5.91 Å². The molecule has 1 fully saturated rings. The second-order valence-electron chi connectivity index (χ2n) is 9.36. The lowest BCUT2D eigenvalue weighted by molar-refractivity contribution is -0.117. The molecule has 5 N–H and O–H groups in total. The zero-order chi connectivity index (χ0) is 26.5. The summed E-state index contributed by atoms with van der Waals surface area (Å²) in [6.45, 7) is 2.55. The summed E-state index contributed by atoms with van der Waals surface area (Å²) in [7, 11) is 0. The lowest BCUT2D eigenvalue weighted by Gasteiger charge is -2.14. The van der Waals surface area contributed by atoms with E-state index in [1.165, 1.54) is 11.0 Å². The molecule has 1 aliphatic heterocycles. The number of carbonyl (C=O) groups is 2. The van der Waals surface area contributed by atoms with E-state index in [0.717, 1.165) is 76.0 Å². The summed E-state index contributed by atoms with van der Waals surface area (Å²) in [4.78, 5) is 24.7. The Morgan fingerprint density at radius 2 is 1.78 bits per heavy atom. The molecular formula is C28H39N3O6. The van der Waals surface area contributed by atoms with Crippen molar-refractivity contribution in [3.05, 3.63) is 59.2 Å². The molecular weight excluding hydrogens is 474 g/mol. The zero-order valence-electron chi connectivity index (χ0n) is 21.3. The largest absolute Gasteiger partial charge is 0.508 e. The van der Waals surface area contributed by atoms with Crippen LogP contribution < -0.4 is 15.5 Å². The van der Waals surface area contributed by atoms with Gasteiger partial charge in [-0.15, -0.1) is 0 Å². The number of ether oxygens (including phenoxy) is 1. The molecule has 1 atom stereocenters. The maximum Gasteiger partial charge on any atom is 0.329 e. The predicted octanol–water partition coefficient (Wildman–Crippen LogP) is 3.16. The van der Waals surface area contributed by atoms with E-state index in [1.807, 2.05) is 24.3 Å². The quantitative estimate of drug-likeness (QED) is 0.162. The zero-order valence-corrected chi connectivity index (χ0v) is 21.3. The number of benzene rings is 2. The van der Waals surface area contributed by atoms with Crippen molar-refractivity contribution in [1.82, 2.24) is 10.6 Å². The maximum atomic E-state index is 11.8. The van der Waals surface area contributed by atoms with E-state index in [4.69, 9.17) is 4.74 Å². The number of imide groups is 1. The lowest BCUT2D eigenvalue weighted by Crippen LogP contribution is -2.27. The van der Waals surface area contributed by atoms with Gasteiger partial charge < -0.3 is 25.4 Å². The second-order valence-corrected chi connectivity index (χ2v) is 9.36. The van der Waals surface area contributed by atoms with Gasteiger partial charge in [-0.1, -0.05) is 31.0 Å². The summed E-state index contributed by atoms with van der Waals surface area (Å²) in [5.74, 6) is -0.239. The Morgan fingerprint density at radius 1 is 1.00 bits per heavy atom. The maximum absolute atomic E-state index is 11.8. The third-order valence-electron chi connectivity index (χ3n) is 6.41. The SMILES string of the molecule is O=C1CN(c2cccc(CCCCOCCCCCCNCC(O)c3ccc(O)c(CO)c3)c2)C(=O)N1. The van der Waals surface area contributed by atoms with Gasteiger partial charge in [-0.25, -0.2) is 4.79 Å². The molecule has 0 bridgehead atoms. The van der Waals surface area contributed by atoms with Crippen LogP contribution in [-0.4, -0.2) is 60.1 Å². The first kappa shape index (κ1) is 28.6. The minimum absolute atomic E-state index is 0.0345. The minimum atomic E-state index is -0.680. The summed E-state index contributed by atoms with van der Waals surface area (Å²) in [5.41, 5.74) is 2.98. The Hall–Kier alpha value is -2.98. The van der Waals surface area contributed by atoms with E-state index < -0.39 is 6.10 Å². The van der Waals surface area contributed by atoms with Crippen LogP contribution in [0, 0.1) is 0 Å². The topological polar surface area (TPSA) is 131 Å². The third kappa shape index (κ3) is 9.44. The number of phenols is 1. The Morgan fingerprint density at radius 3 is 2.54 bits per heavy atom. The Bertz CT molecular complexity index is 1020. The molecule has 1 unspecified atom stereocenters. The average molecular weight is 514 g/mol. The highest BCUT2D eigenvalue weighted by Gasteiger charge is 2.27. The molecule has 2 aromatic rings. The van der Waals surface area contributed by atoms with Gasteiger partial charge in [0, 0.05) is 31.0 Å². The summed E-state index contributed by atoms with van der Waals surface area (Å²) in [6, 6.07) is 12.2. The highest BCUT2D eigenvalue weighted by molar-refractivity contribution is 6.12. The Kier molecular flexibility index (Phi) is 11.8. The van der Waals surface area contributed by atoms with Crippen LogP contribution in [0.15, 0.2) is 42.5 Å². The van der Waals surface area contributed by atoms with Gasteiger partial charge in [0.15, 0.2) is 0 Å². The van der Waals surface area contributed by atoms with E-state index >= 15 is 0 Å². The number of anilines is 1. The monoisotopic (exact) mass is 513 g/mol. The summed E-state index contributed by atoms with van der Waals surface area (Å²) in [5, 5.41) is 34.7. The van der Waals surface area contributed by atoms with Crippen molar-refractivity contribution in [2.45, 2.75) is 57.7 Å². The number of aliphatic hydroxyl groups is 2. The summed E-state index contributed by atoms with van der Waals surface area (Å²) < 4.78 is 5.75. The van der Waals surface area contributed by atoms with Gasteiger partial charge in [0.05, 0.1) is 12.7 Å².